The Morgan fingerprint density at radius 2 is 1.96 bits per heavy atom. The fourth-order valence-electron chi connectivity index (χ4n) is 4.40. The van der Waals surface area contributed by atoms with Gasteiger partial charge in [-0.3, -0.25) is 14.5 Å². The molecule has 3 rings (SSSR count). The number of rotatable bonds is 5. The van der Waals surface area contributed by atoms with Crippen LogP contribution in [0.2, 0.25) is 0 Å². The van der Waals surface area contributed by atoms with E-state index in [1.165, 1.54) is 6.42 Å². The molecule has 0 aliphatic carbocycles. The summed E-state index contributed by atoms with van der Waals surface area (Å²) in [6.07, 6.45) is 7.80. The lowest BCUT2D eigenvalue weighted by atomic mass is 9.98. The highest BCUT2D eigenvalue weighted by Crippen LogP contribution is 2.23. The Bertz CT molecular complexity index is 649. The van der Waals surface area contributed by atoms with E-state index < -0.39 is 0 Å². The second-order valence-electron chi connectivity index (χ2n) is 7.98. The number of hydrogen-bond acceptors (Lipinski definition) is 4. The van der Waals surface area contributed by atoms with Crippen molar-refractivity contribution >= 4 is 11.8 Å². The molecule has 2 fully saturated rings. The average molecular weight is 376 g/mol. The number of nitrogens with one attached hydrogen (secondary N) is 1. The Kier molecular flexibility index (Phi) is 6.58. The highest BCUT2D eigenvalue weighted by atomic mass is 16.3. The number of amides is 2. The Morgan fingerprint density at radius 3 is 2.59 bits per heavy atom. The Morgan fingerprint density at radius 1 is 1.22 bits per heavy atom. The van der Waals surface area contributed by atoms with Crippen LogP contribution in [0.3, 0.4) is 0 Å². The summed E-state index contributed by atoms with van der Waals surface area (Å²) in [7, 11) is 0. The molecule has 1 aromatic heterocycles. The van der Waals surface area contributed by atoms with Crippen LogP contribution in [0.1, 0.15) is 68.5 Å². The number of furan rings is 1. The maximum Gasteiger partial charge on any atom is 0.287 e. The van der Waals surface area contributed by atoms with Crippen LogP contribution in [0, 0.1) is 6.92 Å². The predicted molar refractivity (Wildman–Crippen MR) is 105 cm³/mol. The van der Waals surface area contributed by atoms with Crippen LogP contribution in [0.5, 0.6) is 0 Å². The lowest BCUT2D eigenvalue weighted by Crippen LogP contribution is -2.55. The van der Waals surface area contributed by atoms with Crippen LogP contribution in [-0.2, 0) is 4.79 Å². The highest BCUT2D eigenvalue weighted by Gasteiger charge is 2.33. The Labute approximate surface area is 162 Å². The predicted octanol–water partition coefficient (Wildman–Crippen LogP) is 2.96. The lowest BCUT2D eigenvalue weighted by Gasteiger charge is -2.41. The van der Waals surface area contributed by atoms with Crippen LogP contribution < -0.4 is 5.32 Å². The number of carbonyl (C=O) groups is 2. The van der Waals surface area contributed by atoms with Gasteiger partial charge in [0.15, 0.2) is 5.76 Å². The van der Waals surface area contributed by atoms with Crippen molar-refractivity contribution in [1.29, 1.82) is 0 Å². The van der Waals surface area contributed by atoms with E-state index in [0.717, 1.165) is 57.3 Å². The summed E-state index contributed by atoms with van der Waals surface area (Å²) < 4.78 is 5.27. The molecule has 2 saturated heterocycles. The first-order valence-electron chi connectivity index (χ1n) is 10.4. The van der Waals surface area contributed by atoms with Crippen molar-refractivity contribution in [2.45, 2.75) is 77.4 Å². The van der Waals surface area contributed by atoms with Crippen molar-refractivity contribution in [2.75, 3.05) is 19.6 Å². The summed E-state index contributed by atoms with van der Waals surface area (Å²) in [6.45, 7) is 8.65. The minimum Gasteiger partial charge on any atom is -0.459 e. The van der Waals surface area contributed by atoms with E-state index in [1.807, 2.05) is 13.8 Å². The van der Waals surface area contributed by atoms with Gasteiger partial charge in [0, 0.05) is 37.3 Å². The number of aryl methyl sites for hydroxylation is 1. The van der Waals surface area contributed by atoms with Gasteiger partial charge >= 0.3 is 0 Å². The molecule has 6 nitrogen and oxygen atoms in total. The van der Waals surface area contributed by atoms with Crippen molar-refractivity contribution in [1.82, 2.24) is 15.1 Å². The van der Waals surface area contributed by atoms with Crippen LogP contribution in [-0.4, -0.2) is 59.4 Å². The van der Waals surface area contributed by atoms with Crippen LogP contribution in [0.25, 0.3) is 0 Å². The monoisotopic (exact) mass is 375 g/mol. The molecule has 2 aliphatic heterocycles. The van der Waals surface area contributed by atoms with Crippen LogP contribution in [0.4, 0.5) is 0 Å². The second-order valence-corrected chi connectivity index (χ2v) is 7.98. The van der Waals surface area contributed by atoms with Gasteiger partial charge in [0.2, 0.25) is 5.91 Å². The number of nitrogens with zero attached hydrogens (tertiary/aromatic N) is 2. The van der Waals surface area contributed by atoms with Gasteiger partial charge in [-0.05, 0) is 58.4 Å². The molecular formula is C21H33N3O3. The minimum atomic E-state index is -0.140. The van der Waals surface area contributed by atoms with Crippen molar-refractivity contribution in [3.05, 3.63) is 23.7 Å². The van der Waals surface area contributed by atoms with E-state index in [9.17, 15) is 9.59 Å². The van der Waals surface area contributed by atoms with Gasteiger partial charge in [-0.15, -0.1) is 0 Å². The zero-order valence-corrected chi connectivity index (χ0v) is 16.9. The molecule has 2 aliphatic rings. The third-order valence-corrected chi connectivity index (χ3v) is 6.22. The summed E-state index contributed by atoms with van der Waals surface area (Å²) in [5.74, 6) is 0.533. The molecule has 2 atom stereocenters. The van der Waals surface area contributed by atoms with E-state index in [1.54, 1.807) is 12.3 Å². The summed E-state index contributed by atoms with van der Waals surface area (Å²) >= 11 is 0. The third kappa shape index (κ3) is 4.54. The van der Waals surface area contributed by atoms with E-state index >= 15 is 0 Å². The quantitative estimate of drug-likeness (QED) is 0.859. The molecular weight excluding hydrogens is 342 g/mol. The molecule has 0 radical (unpaired) electrons. The van der Waals surface area contributed by atoms with E-state index in [0.29, 0.717) is 11.8 Å². The smallest absolute Gasteiger partial charge is 0.287 e. The number of likely N-dealkylation sites (tertiary alicyclic amines) is 2. The summed E-state index contributed by atoms with van der Waals surface area (Å²) in [5.41, 5.74) is 0.858. The van der Waals surface area contributed by atoms with Crippen molar-refractivity contribution in [3.8, 4) is 0 Å². The zero-order chi connectivity index (χ0) is 19.4. The molecule has 150 valence electrons. The molecule has 27 heavy (non-hydrogen) atoms. The first-order chi connectivity index (χ1) is 13.0. The van der Waals surface area contributed by atoms with Gasteiger partial charge in [0.25, 0.3) is 5.91 Å². The molecule has 1 aromatic rings. The molecule has 2 unspecified atom stereocenters. The highest BCUT2D eigenvalue weighted by molar-refractivity contribution is 5.93. The maximum atomic E-state index is 13.0. The van der Waals surface area contributed by atoms with Crippen LogP contribution >= 0.6 is 0 Å². The average Bonchev–Trinajstić information content (AvgIpc) is 3.13. The molecule has 3 heterocycles. The van der Waals surface area contributed by atoms with Gasteiger partial charge < -0.3 is 14.6 Å². The van der Waals surface area contributed by atoms with Crippen LogP contribution in [0.15, 0.2) is 16.7 Å². The second kappa shape index (κ2) is 8.91. The molecule has 6 heteroatoms. The topological polar surface area (TPSA) is 65.8 Å². The molecule has 0 aromatic carbocycles. The van der Waals surface area contributed by atoms with Gasteiger partial charge in [-0.1, -0.05) is 6.92 Å². The SMILES string of the molecule is CCC1CCCCN1C(=O)C(C)N1CCC(NC(=O)c2occc2C)CC1. The first-order valence-corrected chi connectivity index (χ1v) is 10.4. The summed E-state index contributed by atoms with van der Waals surface area (Å²) in [5, 5.41) is 3.08. The molecule has 0 spiro atoms. The number of piperidine rings is 2. The van der Waals surface area contributed by atoms with E-state index in [2.05, 4.69) is 22.0 Å². The van der Waals surface area contributed by atoms with Gasteiger partial charge in [-0.25, -0.2) is 0 Å². The van der Waals surface area contributed by atoms with E-state index in [-0.39, 0.29) is 23.9 Å². The molecule has 0 saturated carbocycles. The Hall–Kier alpha value is -1.82. The van der Waals surface area contributed by atoms with Crippen molar-refractivity contribution in [3.63, 3.8) is 0 Å². The largest absolute Gasteiger partial charge is 0.459 e. The Balaban J connectivity index is 1.50. The fraction of sp³-hybridized carbons (Fsp3) is 0.714. The fourth-order valence-corrected chi connectivity index (χ4v) is 4.40. The first kappa shape index (κ1) is 19.9. The van der Waals surface area contributed by atoms with Gasteiger partial charge in [0.1, 0.15) is 0 Å². The normalized spacial score (nSPS) is 23.2. The number of carbonyl (C=O) groups excluding carboxylic acids is 2. The molecule has 2 amide bonds. The minimum absolute atomic E-state index is 0.0823. The standard InChI is InChI=1S/C21H33N3O3/c1-4-18-7-5-6-11-24(18)21(26)16(3)23-12-8-17(9-13-23)22-20(25)19-15(2)10-14-27-19/h10,14,16-18H,4-9,11-13H2,1-3H3,(H,22,25). The molecule has 0 bridgehead atoms. The van der Waals surface area contributed by atoms with Gasteiger partial charge in [-0.2, -0.15) is 0 Å². The maximum absolute atomic E-state index is 13.0. The molecule has 1 N–H and O–H groups in total. The third-order valence-electron chi connectivity index (χ3n) is 6.22. The van der Waals surface area contributed by atoms with Crippen molar-refractivity contribution in [2.24, 2.45) is 0 Å². The summed E-state index contributed by atoms with van der Waals surface area (Å²) in [4.78, 5) is 29.7. The van der Waals surface area contributed by atoms with Gasteiger partial charge in [0.05, 0.1) is 12.3 Å². The number of hydrogen-bond donors (Lipinski definition) is 1. The lowest BCUT2D eigenvalue weighted by molar-refractivity contribution is -0.140. The summed E-state index contributed by atoms with van der Waals surface area (Å²) in [6, 6.07) is 2.26. The van der Waals surface area contributed by atoms with Crippen molar-refractivity contribution < 1.29 is 14.0 Å². The van der Waals surface area contributed by atoms with E-state index in [4.69, 9.17) is 4.42 Å². The zero-order valence-electron chi connectivity index (χ0n) is 16.9.